The summed E-state index contributed by atoms with van der Waals surface area (Å²) in [6.45, 7) is 0. The summed E-state index contributed by atoms with van der Waals surface area (Å²) in [7, 11) is 0. The van der Waals surface area contributed by atoms with Crippen molar-refractivity contribution in [1.82, 2.24) is 9.13 Å². The number of benzene rings is 9. The van der Waals surface area contributed by atoms with E-state index < -0.39 is 0 Å². The highest BCUT2D eigenvalue weighted by molar-refractivity contribution is 6.11. The van der Waals surface area contributed by atoms with E-state index >= 15 is 0 Å². The molecule has 0 amide bonds. The molecule has 0 spiro atoms. The van der Waals surface area contributed by atoms with Gasteiger partial charge in [0.15, 0.2) is 0 Å². The van der Waals surface area contributed by atoms with Gasteiger partial charge in [0.25, 0.3) is 0 Å². The van der Waals surface area contributed by atoms with Crippen LogP contribution in [0.2, 0.25) is 0 Å². The van der Waals surface area contributed by atoms with Crippen LogP contribution in [0.25, 0.3) is 77.2 Å². The molecule has 0 aliphatic rings. The van der Waals surface area contributed by atoms with Crippen LogP contribution in [-0.2, 0) is 6.42 Å². The molecule has 274 valence electrons. The molecule has 0 bridgehead atoms. The van der Waals surface area contributed by atoms with Crippen molar-refractivity contribution in [1.29, 1.82) is 0 Å². The largest absolute Gasteiger partial charge is 0.309 e. The molecule has 2 heterocycles. The van der Waals surface area contributed by atoms with E-state index in [0.29, 0.717) is 0 Å². The second kappa shape index (κ2) is 14.3. The van der Waals surface area contributed by atoms with Gasteiger partial charge in [-0.3, -0.25) is 0 Å². The highest BCUT2D eigenvalue weighted by Gasteiger charge is 2.20. The molecular formula is C56H40N2. The molecule has 1 unspecified atom stereocenters. The number of nitrogens with zero attached hydrogens (tertiary/aromatic N) is 2. The number of hydrogen-bond acceptors (Lipinski definition) is 0. The summed E-state index contributed by atoms with van der Waals surface area (Å²) in [5, 5.41) is 5.09. The van der Waals surface area contributed by atoms with Crippen LogP contribution in [0.3, 0.4) is 0 Å². The highest BCUT2D eigenvalue weighted by atomic mass is 15.0. The van der Waals surface area contributed by atoms with E-state index in [1.807, 2.05) is 0 Å². The van der Waals surface area contributed by atoms with Crippen LogP contribution in [0.4, 0.5) is 0 Å². The lowest BCUT2D eigenvalue weighted by Crippen LogP contribution is -2.05. The number of fused-ring (bicyclic) bond motifs is 6. The van der Waals surface area contributed by atoms with E-state index in [4.69, 9.17) is 0 Å². The number of para-hydroxylation sites is 4. The smallest absolute Gasteiger partial charge is 0.0547 e. The fourth-order valence-corrected chi connectivity index (χ4v) is 9.10. The summed E-state index contributed by atoms with van der Waals surface area (Å²) in [6.07, 6.45) is 0.884. The fraction of sp³-hybridized carbons (Fsp3) is 0.0357. The molecule has 1 atom stereocenters. The second-order valence-corrected chi connectivity index (χ2v) is 15.3. The summed E-state index contributed by atoms with van der Waals surface area (Å²) in [6, 6.07) is 82.2. The quantitative estimate of drug-likeness (QED) is 0.147. The van der Waals surface area contributed by atoms with Crippen molar-refractivity contribution in [2.75, 3.05) is 0 Å². The molecule has 0 saturated heterocycles. The van der Waals surface area contributed by atoms with Gasteiger partial charge in [-0.05, 0) is 100.0 Å². The van der Waals surface area contributed by atoms with Crippen LogP contribution in [0.15, 0.2) is 224 Å². The Labute approximate surface area is 338 Å². The first kappa shape index (κ1) is 33.9. The minimum absolute atomic E-state index is 0.164. The third-order valence-corrected chi connectivity index (χ3v) is 11.9. The van der Waals surface area contributed by atoms with E-state index in [0.717, 1.165) is 6.42 Å². The molecule has 0 radical (unpaired) electrons. The van der Waals surface area contributed by atoms with Crippen molar-refractivity contribution in [3.63, 3.8) is 0 Å². The van der Waals surface area contributed by atoms with Crippen molar-refractivity contribution < 1.29 is 0 Å². The van der Waals surface area contributed by atoms with Gasteiger partial charge in [-0.1, -0.05) is 170 Å². The number of rotatable bonds is 8. The van der Waals surface area contributed by atoms with Crippen LogP contribution in [-0.4, -0.2) is 9.13 Å². The molecule has 2 heteroatoms. The Morgan fingerprint density at radius 2 is 0.741 bits per heavy atom. The van der Waals surface area contributed by atoms with Gasteiger partial charge in [0.1, 0.15) is 0 Å². The molecule has 0 N–H and O–H groups in total. The first-order valence-electron chi connectivity index (χ1n) is 20.2. The van der Waals surface area contributed by atoms with Gasteiger partial charge in [0.2, 0.25) is 0 Å². The fourth-order valence-electron chi connectivity index (χ4n) is 9.10. The standard InChI is InChI=1S/C56H40N2/c1-4-14-40(15-5-1)41-28-30-43(31-29-41)51(45-33-35-55-52(37-45)49-21-11-13-23-54(49)57(55)46-16-6-2-7-17-46)36-39-24-26-42(27-25-39)44-32-34-50-48-20-10-12-22-53(48)58(56(50)38-44)47-18-8-3-9-19-47/h1-35,37-38,51H,36H2. The van der Waals surface area contributed by atoms with Crippen molar-refractivity contribution in [2.24, 2.45) is 0 Å². The van der Waals surface area contributed by atoms with E-state index in [2.05, 4.69) is 234 Å². The van der Waals surface area contributed by atoms with Gasteiger partial charge in [0.05, 0.1) is 22.1 Å². The van der Waals surface area contributed by atoms with Crippen molar-refractivity contribution in [3.05, 3.63) is 241 Å². The lowest BCUT2D eigenvalue weighted by atomic mass is 9.84. The van der Waals surface area contributed by atoms with Gasteiger partial charge in [-0.2, -0.15) is 0 Å². The van der Waals surface area contributed by atoms with E-state index in [1.165, 1.54) is 93.9 Å². The predicted octanol–water partition coefficient (Wildman–Crippen LogP) is 14.6. The van der Waals surface area contributed by atoms with Gasteiger partial charge < -0.3 is 9.13 Å². The summed E-state index contributed by atoms with van der Waals surface area (Å²) in [5.41, 5.74) is 16.1. The zero-order valence-corrected chi connectivity index (χ0v) is 32.0. The summed E-state index contributed by atoms with van der Waals surface area (Å²) in [4.78, 5) is 0. The molecule has 9 aromatic carbocycles. The lowest BCUT2D eigenvalue weighted by molar-refractivity contribution is 0.806. The Hall–Kier alpha value is -7.42. The molecular weight excluding hydrogens is 701 g/mol. The van der Waals surface area contributed by atoms with Gasteiger partial charge in [0, 0.05) is 38.8 Å². The third kappa shape index (κ3) is 5.90. The highest BCUT2D eigenvalue weighted by Crippen LogP contribution is 2.39. The van der Waals surface area contributed by atoms with Crippen LogP contribution >= 0.6 is 0 Å². The average molecular weight is 741 g/mol. The molecule has 11 rings (SSSR count). The molecule has 0 fully saturated rings. The molecule has 11 aromatic rings. The van der Waals surface area contributed by atoms with Gasteiger partial charge in [-0.15, -0.1) is 0 Å². The predicted molar refractivity (Wildman–Crippen MR) is 244 cm³/mol. The van der Waals surface area contributed by atoms with Crippen LogP contribution < -0.4 is 0 Å². The molecule has 2 aromatic heterocycles. The maximum atomic E-state index is 2.45. The Morgan fingerprint density at radius 1 is 0.293 bits per heavy atom. The van der Waals surface area contributed by atoms with Crippen LogP contribution in [0, 0.1) is 0 Å². The maximum absolute atomic E-state index is 2.45. The summed E-state index contributed by atoms with van der Waals surface area (Å²) in [5.74, 6) is 0.164. The van der Waals surface area contributed by atoms with Crippen LogP contribution in [0.5, 0.6) is 0 Å². The maximum Gasteiger partial charge on any atom is 0.0547 e. The molecule has 0 aliphatic carbocycles. The zero-order valence-electron chi connectivity index (χ0n) is 32.0. The van der Waals surface area contributed by atoms with Crippen molar-refractivity contribution in [2.45, 2.75) is 12.3 Å². The monoisotopic (exact) mass is 740 g/mol. The Kier molecular flexibility index (Phi) is 8.33. The number of aromatic nitrogens is 2. The minimum Gasteiger partial charge on any atom is -0.309 e. The Bertz CT molecular complexity index is 3210. The van der Waals surface area contributed by atoms with Crippen LogP contribution in [0.1, 0.15) is 22.6 Å². The lowest BCUT2D eigenvalue weighted by Gasteiger charge is -2.20. The topological polar surface area (TPSA) is 9.86 Å². The molecule has 2 nitrogen and oxygen atoms in total. The third-order valence-electron chi connectivity index (χ3n) is 11.9. The minimum atomic E-state index is 0.164. The molecule has 0 aliphatic heterocycles. The van der Waals surface area contributed by atoms with E-state index in [-0.39, 0.29) is 5.92 Å². The first-order valence-corrected chi connectivity index (χ1v) is 20.2. The van der Waals surface area contributed by atoms with Crippen molar-refractivity contribution in [3.8, 4) is 33.6 Å². The first-order chi connectivity index (χ1) is 28.8. The van der Waals surface area contributed by atoms with Crippen molar-refractivity contribution >= 4 is 43.6 Å². The molecule has 0 saturated carbocycles. The Morgan fingerprint density at radius 3 is 1.40 bits per heavy atom. The molecule has 58 heavy (non-hydrogen) atoms. The van der Waals surface area contributed by atoms with E-state index in [1.54, 1.807) is 0 Å². The second-order valence-electron chi connectivity index (χ2n) is 15.3. The Balaban J connectivity index is 0.989. The number of hydrogen-bond donors (Lipinski definition) is 0. The summed E-state index contributed by atoms with van der Waals surface area (Å²) < 4.78 is 4.79. The van der Waals surface area contributed by atoms with E-state index in [9.17, 15) is 0 Å². The van der Waals surface area contributed by atoms with Gasteiger partial charge in [-0.25, -0.2) is 0 Å². The normalized spacial score (nSPS) is 12.1. The summed E-state index contributed by atoms with van der Waals surface area (Å²) >= 11 is 0. The SMILES string of the molecule is c1ccc(-c2ccc(C(Cc3ccc(-c4ccc5c6ccccc6n(-c6ccccc6)c5c4)cc3)c3ccc4c(c3)c3ccccc3n4-c3ccccc3)cc2)cc1. The average Bonchev–Trinajstić information content (AvgIpc) is 3.81. The zero-order chi connectivity index (χ0) is 38.4. The van der Waals surface area contributed by atoms with Gasteiger partial charge >= 0.3 is 0 Å².